The molecule has 1 saturated heterocycles. The monoisotopic (exact) mass is 382 g/mol. The molecule has 2 unspecified atom stereocenters. The number of benzene rings is 1. The van der Waals surface area contributed by atoms with Crippen LogP contribution in [0.3, 0.4) is 0 Å². The van der Waals surface area contributed by atoms with Gasteiger partial charge in [-0.3, -0.25) is 9.59 Å². The highest BCUT2D eigenvalue weighted by atomic mass is 16.2. The lowest BCUT2D eigenvalue weighted by Gasteiger charge is -2.30. The van der Waals surface area contributed by atoms with Gasteiger partial charge >= 0.3 is 0 Å². The highest BCUT2D eigenvalue weighted by Crippen LogP contribution is 2.29. The average Bonchev–Trinajstić information content (AvgIpc) is 3.23. The standard InChI is InChI=1S/C24H34N2O2/c1-17(20-14-13-18-8-5-6-11-21(18)16-20)25-23(27)22-12-7-15-26(22)24(28)19-9-3-2-4-10-19/h13-14,16-17,19,22H,2-12,15H2,1H3,(H,25,27). The van der Waals surface area contributed by atoms with Gasteiger partial charge in [0, 0.05) is 12.5 Å². The Morgan fingerprint density at radius 1 is 0.964 bits per heavy atom. The molecule has 1 N–H and O–H groups in total. The number of rotatable bonds is 4. The van der Waals surface area contributed by atoms with Gasteiger partial charge in [0.2, 0.25) is 11.8 Å². The number of aryl methyl sites for hydroxylation is 2. The third-order valence-corrected chi connectivity index (χ3v) is 7.02. The SMILES string of the molecule is CC(NC(=O)C1CCCN1C(=O)C1CCCCC1)c1ccc2c(c1)CCCC2. The van der Waals surface area contributed by atoms with Crippen molar-refractivity contribution in [3.63, 3.8) is 0 Å². The minimum Gasteiger partial charge on any atom is -0.348 e. The molecule has 4 heteroatoms. The molecule has 0 spiro atoms. The molecule has 0 bridgehead atoms. The molecular formula is C24H34N2O2. The number of carbonyl (C=O) groups is 2. The number of likely N-dealkylation sites (tertiary alicyclic amines) is 1. The van der Waals surface area contributed by atoms with E-state index in [0.717, 1.165) is 51.5 Å². The number of nitrogens with one attached hydrogen (secondary N) is 1. The molecule has 1 aromatic rings. The smallest absolute Gasteiger partial charge is 0.243 e. The summed E-state index contributed by atoms with van der Waals surface area (Å²) in [6, 6.07) is 6.37. The van der Waals surface area contributed by atoms with Crippen molar-refractivity contribution < 1.29 is 9.59 Å². The van der Waals surface area contributed by atoms with Crippen molar-refractivity contribution in [2.24, 2.45) is 5.92 Å². The fourth-order valence-electron chi connectivity index (χ4n) is 5.30. The van der Waals surface area contributed by atoms with Crippen molar-refractivity contribution in [2.45, 2.75) is 89.6 Å². The summed E-state index contributed by atoms with van der Waals surface area (Å²) in [5.41, 5.74) is 4.09. The summed E-state index contributed by atoms with van der Waals surface area (Å²) >= 11 is 0. The maximum atomic E-state index is 13.0. The van der Waals surface area contributed by atoms with Crippen LogP contribution in [-0.4, -0.2) is 29.3 Å². The van der Waals surface area contributed by atoms with Gasteiger partial charge in [-0.2, -0.15) is 0 Å². The van der Waals surface area contributed by atoms with Crippen LogP contribution >= 0.6 is 0 Å². The zero-order valence-corrected chi connectivity index (χ0v) is 17.2. The predicted octanol–water partition coefficient (Wildman–Crippen LogP) is 4.31. The lowest BCUT2D eigenvalue weighted by atomic mass is 9.88. The zero-order chi connectivity index (χ0) is 19.5. The molecule has 2 fully saturated rings. The van der Waals surface area contributed by atoms with E-state index in [2.05, 4.69) is 30.4 Å². The van der Waals surface area contributed by atoms with Crippen LogP contribution < -0.4 is 5.32 Å². The van der Waals surface area contributed by atoms with Crippen molar-refractivity contribution in [2.75, 3.05) is 6.54 Å². The quantitative estimate of drug-likeness (QED) is 0.843. The first-order valence-electron chi connectivity index (χ1n) is 11.4. The van der Waals surface area contributed by atoms with Gasteiger partial charge in [0.25, 0.3) is 0 Å². The van der Waals surface area contributed by atoms with Crippen LogP contribution in [-0.2, 0) is 22.4 Å². The highest BCUT2D eigenvalue weighted by molar-refractivity contribution is 5.89. The summed E-state index contributed by atoms with van der Waals surface area (Å²) in [5.74, 6) is 0.380. The minimum absolute atomic E-state index is 0.0203. The lowest BCUT2D eigenvalue weighted by molar-refractivity contribution is -0.142. The molecule has 4 nitrogen and oxygen atoms in total. The van der Waals surface area contributed by atoms with Gasteiger partial charge < -0.3 is 10.2 Å². The van der Waals surface area contributed by atoms with E-state index in [-0.39, 0.29) is 29.8 Å². The summed E-state index contributed by atoms with van der Waals surface area (Å²) in [6.07, 6.45) is 12.1. The Labute approximate surface area is 169 Å². The van der Waals surface area contributed by atoms with E-state index in [4.69, 9.17) is 0 Å². The fourth-order valence-corrected chi connectivity index (χ4v) is 5.30. The highest BCUT2D eigenvalue weighted by Gasteiger charge is 2.37. The average molecular weight is 383 g/mol. The number of amides is 2. The Hall–Kier alpha value is -1.84. The van der Waals surface area contributed by atoms with Gasteiger partial charge in [-0.25, -0.2) is 0 Å². The molecule has 2 atom stereocenters. The van der Waals surface area contributed by atoms with Crippen molar-refractivity contribution in [3.8, 4) is 0 Å². The zero-order valence-electron chi connectivity index (χ0n) is 17.2. The first kappa shape index (κ1) is 19.5. The summed E-state index contributed by atoms with van der Waals surface area (Å²) in [5, 5.41) is 3.20. The molecule has 0 radical (unpaired) electrons. The van der Waals surface area contributed by atoms with Crippen molar-refractivity contribution in [1.29, 1.82) is 0 Å². The molecule has 0 aromatic heterocycles. The Morgan fingerprint density at radius 2 is 1.71 bits per heavy atom. The van der Waals surface area contributed by atoms with Gasteiger partial charge in [-0.15, -0.1) is 0 Å². The van der Waals surface area contributed by atoms with E-state index in [0.29, 0.717) is 0 Å². The van der Waals surface area contributed by atoms with E-state index in [1.807, 2.05) is 4.90 Å². The molecule has 2 amide bonds. The van der Waals surface area contributed by atoms with Gasteiger partial charge in [-0.05, 0) is 75.0 Å². The molecule has 1 saturated carbocycles. The molecule has 28 heavy (non-hydrogen) atoms. The number of hydrogen-bond acceptors (Lipinski definition) is 2. The number of hydrogen-bond donors (Lipinski definition) is 1. The second-order valence-corrected chi connectivity index (χ2v) is 8.99. The lowest BCUT2D eigenvalue weighted by Crippen LogP contribution is -2.48. The summed E-state index contributed by atoms with van der Waals surface area (Å²) in [4.78, 5) is 27.9. The third-order valence-electron chi connectivity index (χ3n) is 7.02. The summed E-state index contributed by atoms with van der Waals surface area (Å²) in [6.45, 7) is 2.80. The van der Waals surface area contributed by atoms with E-state index in [1.54, 1.807) is 0 Å². The fraction of sp³-hybridized carbons (Fsp3) is 0.667. The summed E-state index contributed by atoms with van der Waals surface area (Å²) < 4.78 is 0. The Balaban J connectivity index is 1.40. The molecule has 1 aliphatic heterocycles. The second-order valence-electron chi connectivity index (χ2n) is 8.99. The van der Waals surface area contributed by atoms with Crippen molar-refractivity contribution in [1.82, 2.24) is 10.2 Å². The summed E-state index contributed by atoms with van der Waals surface area (Å²) in [7, 11) is 0. The topological polar surface area (TPSA) is 49.4 Å². The van der Waals surface area contributed by atoms with Crippen LogP contribution in [0.15, 0.2) is 18.2 Å². The maximum absolute atomic E-state index is 13.0. The Bertz CT molecular complexity index is 723. The Morgan fingerprint density at radius 3 is 2.50 bits per heavy atom. The van der Waals surface area contributed by atoms with Gasteiger partial charge in [0.15, 0.2) is 0 Å². The molecule has 3 aliphatic rings. The molecule has 2 aliphatic carbocycles. The van der Waals surface area contributed by atoms with Crippen LogP contribution in [0.25, 0.3) is 0 Å². The normalized spacial score (nSPS) is 23.9. The number of nitrogens with zero attached hydrogens (tertiary/aromatic N) is 1. The molecule has 4 rings (SSSR count). The van der Waals surface area contributed by atoms with E-state index in [1.165, 1.54) is 42.4 Å². The van der Waals surface area contributed by atoms with Crippen molar-refractivity contribution >= 4 is 11.8 Å². The van der Waals surface area contributed by atoms with Gasteiger partial charge in [0.1, 0.15) is 6.04 Å². The number of fused-ring (bicyclic) bond motifs is 1. The molecule has 1 aromatic carbocycles. The largest absolute Gasteiger partial charge is 0.348 e. The van der Waals surface area contributed by atoms with Crippen LogP contribution in [0.2, 0.25) is 0 Å². The first-order chi connectivity index (χ1) is 13.6. The third kappa shape index (κ3) is 4.11. The van der Waals surface area contributed by atoms with Crippen LogP contribution in [0.4, 0.5) is 0 Å². The van der Waals surface area contributed by atoms with E-state index >= 15 is 0 Å². The van der Waals surface area contributed by atoms with Crippen LogP contribution in [0.1, 0.15) is 87.4 Å². The molecule has 152 valence electrons. The van der Waals surface area contributed by atoms with Crippen LogP contribution in [0, 0.1) is 5.92 Å². The van der Waals surface area contributed by atoms with Crippen molar-refractivity contribution in [3.05, 3.63) is 34.9 Å². The second kappa shape index (κ2) is 8.67. The van der Waals surface area contributed by atoms with E-state index < -0.39 is 0 Å². The van der Waals surface area contributed by atoms with Crippen LogP contribution in [0.5, 0.6) is 0 Å². The number of carbonyl (C=O) groups excluding carboxylic acids is 2. The first-order valence-corrected chi connectivity index (χ1v) is 11.4. The van der Waals surface area contributed by atoms with E-state index in [9.17, 15) is 9.59 Å². The Kier molecular flexibility index (Phi) is 6.03. The van der Waals surface area contributed by atoms with Gasteiger partial charge in [-0.1, -0.05) is 37.5 Å². The minimum atomic E-state index is -0.283. The molecular weight excluding hydrogens is 348 g/mol. The maximum Gasteiger partial charge on any atom is 0.243 e. The molecule has 1 heterocycles. The van der Waals surface area contributed by atoms with Gasteiger partial charge in [0.05, 0.1) is 6.04 Å². The predicted molar refractivity (Wildman–Crippen MR) is 111 cm³/mol.